The number of anilines is 3. The number of nitrogens with one attached hydrogen (secondary N) is 1. The van der Waals surface area contributed by atoms with Crippen molar-refractivity contribution in [2.24, 2.45) is 5.92 Å². The van der Waals surface area contributed by atoms with Gasteiger partial charge in [0.05, 0.1) is 13.2 Å². The summed E-state index contributed by atoms with van der Waals surface area (Å²) in [7, 11) is 0. The molecule has 2 aliphatic heterocycles. The van der Waals surface area contributed by atoms with Crippen molar-refractivity contribution in [3.8, 4) is 0 Å². The highest BCUT2D eigenvalue weighted by atomic mass is 16.5. The maximum atomic E-state index is 13.2. The van der Waals surface area contributed by atoms with Gasteiger partial charge in [-0.2, -0.15) is 9.50 Å². The van der Waals surface area contributed by atoms with Gasteiger partial charge < -0.3 is 19.4 Å². The van der Waals surface area contributed by atoms with Crippen LogP contribution in [-0.4, -0.2) is 88.8 Å². The molecule has 0 radical (unpaired) electrons. The van der Waals surface area contributed by atoms with E-state index in [0.29, 0.717) is 56.6 Å². The molecule has 3 aromatic heterocycles. The fraction of sp³-hybridized carbons (Fsp3) is 0.458. The largest absolute Gasteiger partial charge is 0.378 e. The number of ether oxygens (including phenoxy) is 1. The predicted octanol–water partition coefficient (Wildman–Crippen LogP) is 1.27. The number of hydrogen-bond donors (Lipinski definition) is 1. The fourth-order valence-electron chi connectivity index (χ4n) is 4.58. The van der Waals surface area contributed by atoms with Gasteiger partial charge in [-0.3, -0.25) is 14.9 Å². The highest BCUT2D eigenvalue weighted by Gasteiger charge is 2.30. The molecule has 6 rings (SSSR count). The van der Waals surface area contributed by atoms with Crippen LogP contribution in [0.1, 0.15) is 23.2 Å². The first-order valence-corrected chi connectivity index (χ1v) is 12.2. The summed E-state index contributed by atoms with van der Waals surface area (Å²) in [4.78, 5) is 40.5. The zero-order valence-corrected chi connectivity index (χ0v) is 19.5. The molecule has 182 valence electrons. The minimum Gasteiger partial charge on any atom is -0.378 e. The van der Waals surface area contributed by atoms with Crippen molar-refractivity contribution in [1.82, 2.24) is 24.5 Å². The van der Waals surface area contributed by atoms with Crippen LogP contribution in [0.4, 0.5) is 17.6 Å². The number of rotatable bonds is 5. The molecule has 3 aromatic rings. The van der Waals surface area contributed by atoms with Crippen molar-refractivity contribution in [3.63, 3.8) is 0 Å². The number of pyridine rings is 2. The van der Waals surface area contributed by atoms with Gasteiger partial charge in [-0.05, 0) is 37.1 Å². The van der Waals surface area contributed by atoms with Crippen molar-refractivity contribution in [2.75, 3.05) is 67.6 Å². The topological polar surface area (TPSA) is 108 Å². The lowest BCUT2D eigenvalue weighted by atomic mass is 10.2. The van der Waals surface area contributed by atoms with E-state index in [1.165, 1.54) is 0 Å². The van der Waals surface area contributed by atoms with E-state index in [9.17, 15) is 9.59 Å². The predicted molar refractivity (Wildman–Crippen MR) is 130 cm³/mol. The van der Waals surface area contributed by atoms with Crippen LogP contribution < -0.4 is 15.1 Å². The van der Waals surface area contributed by atoms with Crippen LogP contribution in [0.2, 0.25) is 0 Å². The summed E-state index contributed by atoms with van der Waals surface area (Å²) < 4.78 is 7.18. The van der Waals surface area contributed by atoms with Crippen LogP contribution in [-0.2, 0) is 9.53 Å². The first kappa shape index (κ1) is 21.8. The third-order valence-electron chi connectivity index (χ3n) is 6.74. The minimum atomic E-state index is -0.0116. The van der Waals surface area contributed by atoms with Gasteiger partial charge in [0, 0.05) is 56.9 Å². The fourth-order valence-corrected chi connectivity index (χ4v) is 4.58. The molecule has 0 aromatic carbocycles. The maximum Gasteiger partial charge on any atom is 0.254 e. The zero-order valence-electron chi connectivity index (χ0n) is 19.5. The van der Waals surface area contributed by atoms with Crippen LogP contribution in [0.15, 0.2) is 36.5 Å². The normalized spacial score (nSPS) is 18.7. The number of nitrogens with zero attached hydrogens (tertiary/aromatic N) is 7. The Morgan fingerprint density at radius 1 is 0.971 bits per heavy atom. The van der Waals surface area contributed by atoms with E-state index in [2.05, 4.69) is 30.2 Å². The second-order valence-corrected chi connectivity index (χ2v) is 9.13. The second kappa shape index (κ2) is 9.14. The average Bonchev–Trinajstić information content (AvgIpc) is 3.69. The molecular formula is C24H28N8O3. The number of morpholine rings is 1. The lowest BCUT2D eigenvalue weighted by molar-refractivity contribution is -0.117. The van der Waals surface area contributed by atoms with Crippen LogP contribution in [0.25, 0.3) is 5.65 Å². The first-order valence-electron chi connectivity index (χ1n) is 12.2. The number of carbonyl (C=O) groups is 2. The quantitative estimate of drug-likeness (QED) is 0.587. The lowest BCUT2D eigenvalue weighted by Crippen LogP contribution is -2.49. The SMILES string of the molecule is O=C(Nc1nc2cccc(N3CCN(C(=O)c4ccnc(N5CCOCC5)c4)CC3)n2n1)C1CC1. The molecule has 1 saturated carbocycles. The summed E-state index contributed by atoms with van der Waals surface area (Å²) in [6.07, 6.45) is 3.57. The molecule has 3 aliphatic rings. The smallest absolute Gasteiger partial charge is 0.254 e. The van der Waals surface area contributed by atoms with E-state index in [4.69, 9.17) is 4.74 Å². The summed E-state index contributed by atoms with van der Waals surface area (Å²) >= 11 is 0. The Balaban J connectivity index is 1.13. The Labute approximate surface area is 202 Å². The molecule has 11 heteroatoms. The molecule has 0 spiro atoms. The van der Waals surface area contributed by atoms with Gasteiger partial charge in [-0.25, -0.2) is 4.98 Å². The lowest BCUT2D eigenvalue weighted by Gasteiger charge is -2.36. The molecule has 0 atom stereocenters. The van der Waals surface area contributed by atoms with E-state index >= 15 is 0 Å². The summed E-state index contributed by atoms with van der Waals surface area (Å²) in [6, 6.07) is 9.47. The number of fused-ring (bicyclic) bond motifs is 1. The van der Waals surface area contributed by atoms with Crippen LogP contribution >= 0.6 is 0 Å². The van der Waals surface area contributed by atoms with Gasteiger partial charge in [0.15, 0.2) is 5.65 Å². The second-order valence-electron chi connectivity index (χ2n) is 9.13. The molecule has 3 fully saturated rings. The molecular weight excluding hydrogens is 448 g/mol. The highest BCUT2D eigenvalue weighted by Crippen LogP contribution is 2.30. The Kier molecular flexibility index (Phi) is 5.69. The Morgan fingerprint density at radius 3 is 2.54 bits per heavy atom. The summed E-state index contributed by atoms with van der Waals surface area (Å²) in [5.74, 6) is 2.15. The van der Waals surface area contributed by atoms with Gasteiger partial charge in [0.25, 0.3) is 5.91 Å². The molecule has 11 nitrogen and oxygen atoms in total. The van der Waals surface area contributed by atoms with Crippen molar-refractivity contribution in [1.29, 1.82) is 0 Å². The summed E-state index contributed by atoms with van der Waals surface area (Å²) in [5.41, 5.74) is 1.34. The van der Waals surface area contributed by atoms with Crippen LogP contribution in [0.3, 0.4) is 0 Å². The number of carbonyl (C=O) groups excluding carboxylic acids is 2. The molecule has 0 bridgehead atoms. The van der Waals surface area contributed by atoms with Crippen molar-refractivity contribution in [3.05, 3.63) is 42.1 Å². The molecule has 1 N–H and O–H groups in total. The zero-order chi connectivity index (χ0) is 23.8. The van der Waals surface area contributed by atoms with Crippen molar-refractivity contribution < 1.29 is 14.3 Å². The van der Waals surface area contributed by atoms with Crippen molar-refractivity contribution >= 4 is 35.0 Å². The Morgan fingerprint density at radius 2 is 1.77 bits per heavy atom. The third kappa shape index (κ3) is 4.51. The average molecular weight is 477 g/mol. The van der Waals surface area contributed by atoms with Gasteiger partial charge in [0.2, 0.25) is 11.9 Å². The highest BCUT2D eigenvalue weighted by molar-refractivity contribution is 5.95. The van der Waals surface area contributed by atoms with E-state index in [1.807, 2.05) is 29.2 Å². The van der Waals surface area contributed by atoms with E-state index in [1.54, 1.807) is 16.8 Å². The molecule has 0 unspecified atom stereocenters. The van der Waals surface area contributed by atoms with E-state index < -0.39 is 0 Å². The molecule has 2 saturated heterocycles. The van der Waals surface area contributed by atoms with Crippen LogP contribution in [0, 0.1) is 5.92 Å². The Hall–Kier alpha value is -3.73. The number of amides is 2. The maximum absolute atomic E-state index is 13.2. The minimum absolute atomic E-state index is 0.0116. The Bertz CT molecular complexity index is 1240. The molecule has 5 heterocycles. The number of piperazine rings is 1. The van der Waals surface area contributed by atoms with Gasteiger partial charge >= 0.3 is 0 Å². The van der Waals surface area contributed by atoms with Crippen LogP contribution in [0.5, 0.6) is 0 Å². The van der Waals surface area contributed by atoms with E-state index in [0.717, 1.165) is 37.6 Å². The van der Waals surface area contributed by atoms with Gasteiger partial charge in [-0.1, -0.05) is 6.07 Å². The van der Waals surface area contributed by atoms with E-state index in [-0.39, 0.29) is 17.7 Å². The summed E-state index contributed by atoms with van der Waals surface area (Å²) in [5, 5.41) is 7.35. The number of aromatic nitrogens is 4. The standard InChI is InChI=1S/C24H28N8O3/c33-22(17-4-5-17)27-24-26-19-2-1-3-21(32(19)28-24)30-8-10-31(11-9-30)23(34)18-6-7-25-20(16-18)29-12-14-35-15-13-29/h1-3,6-7,16-17H,4-5,8-15H2,(H,27,28,33). The van der Waals surface area contributed by atoms with Gasteiger partial charge in [-0.15, -0.1) is 5.10 Å². The monoisotopic (exact) mass is 476 g/mol. The molecule has 2 amide bonds. The first-order chi connectivity index (χ1) is 17.2. The third-order valence-corrected chi connectivity index (χ3v) is 6.74. The molecule has 35 heavy (non-hydrogen) atoms. The van der Waals surface area contributed by atoms with Crippen molar-refractivity contribution in [2.45, 2.75) is 12.8 Å². The molecule has 1 aliphatic carbocycles. The number of hydrogen-bond acceptors (Lipinski definition) is 8. The summed E-state index contributed by atoms with van der Waals surface area (Å²) in [6.45, 7) is 5.47. The van der Waals surface area contributed by atoms with Gasteiger partial charge in [0.1, 0.15) is 11.6 Å².